The van der Waals surface area contributed by atoms with E-state index in [-0.39, 0.29) is 0 Å². The quantitative estimate of drug-likeness (QED) is 0.496. The number of aromatic nitrogens is 2. The molecule has 176 valence electrons. The van der Waals surface area contributed by atoms with Gasteiger partial charge in [0.05, 0.1) is 32.8 Å². The molecule has 2 aliphatic rings. The molecule has 0 radical (unpaired) electrons. The predicted octanol–water partition coefficient (Wildman–Crippen LogP) is 3.93. The molecule has 2 aromatic heterocycles. The molecule has 33 heavy (non-hydrogen) atoms. The van der Waals surface area contributed by atoms with Crippen LogP contribution in [0.3, 0.4) is 0 Å². The Balaban J connectivity index is 1.49. The summed E-state index contributed by atoms with van der Waals surface area (Å²) in [5, 5.41) is 1.26. The maximum atomic E-state index is 5.56. The lowest BCUT2D eigenvalue weighted by Crippen LogP contribution is -2.41. The molecule has 5 rings (SSSR count). The number of ether oxygens (including phenoxy) is 3. The van der Waals surface area contributed by atoms with Gasteiger partial charge in [0.1, 0.15) is 17.0 Å². The first-order valence-corrected chi connectivity index (χ1v) is 12.6. The number of fused-ring (bicyclic) bond motifs is 3. The summed E-state index contributed by atoms with van der Waals surface area (Å²) >= 11 is 1.85. The van der Waals surface area contributed by atoms with E-state index in [2.05, 4.69) is 26.9 Å². The summed E-state index contributed by atoms with van der Waals surface area (Å²) in [6.45, 7) is 6.21. The number of morpholine rings is 1. The van der Waals surface area contributed by atoms with E-state index < -0.39 is 0 Å². The van der Waals surface area contributed by atoms with Crippen molar-refractivity contribution in [2.75, 3.05) is 58.5 Å². The molecule has 0 unspecified atom stereocenters. The minimum atomic E-state index is 0.748. The van der Waals surface area contributed by atoms with Gasteiger partial charge in [0, 0.05) is 37.6 Å². The van der Waals surface area contributed by atoms with Crippen molar-refractivity contribution in [2.45, 2.75) is 32.2 Å². The zero-order chi connectivity index (χ0) is 22.6. The van der Waals surface area contributed by atoms with Crippen molar-refractivity contribution in [1.82, 2.24) is 14.9 Å². The number of benzene rings is 1. The van der Waals surface area contributed by atoms with Crippen LogP contribution >= 0.6 is 11.3 Å². The lowest BCUT2D eigenvalue weighted by atomic mass is 9.97. The van der Waals surface area contributed by atoms with E-state index in [1.54, 1.807) is 20.5 Å². The minimum absolute atomic E-state index is 0.748. The Labute approximate surface area is 199 Å². The second-order valence-electron chi connectivity index (χ2n) is 8.65. The molecule has 0 saturated carbocycles. The molecule has 0 amide bonds. The summed E-state index contributed by atoms with van der Waals surface area (Å²) in [5.41, 5.74) is 2.64. The SMILES string of the molecule is COc1ccc(CN(CCN2CCOCC2)c2ncnc3sc4c(c23)CCCC4)cc1OC. The zero-order valence-electron chi connectivity index (χ0n) is 19.5. The largest absolute Gasteiger partial charge is 0.493 e. The van der Waals surface area contributed by atoms with Crippen molar-refractivity contribution in [2.24, 2.45) is 0 Å². The van der Waals surface area contributed by atoms with Gasteiger partial charge in [-0.1, -0.05) is 6.07 Å². The Morgan fingerprint density at radius 2 is 1.88 bits per heavy atom. The van der Waals surface area contributed by atoms with Gasteiger partial charge in [0.15, 0.2) is 11.5 Å². The van der Waals surface area contributed by atoms with Crippen molar-refractivity contribution in [1.29, 1.82) is 0 Å². The molecule has 0 atom stereocenters. The molecular weight excluding hydrogens is 436 g/mol. The second kappa shape index (κ2) is 10.2. The van der Waals surface area contributed by atoms with Crippen LogP contribution in [0.2, 0.25) is 0 Å². The molecule has 1 saturated heterocycles. The number of hydrogen-bond acceptors (Lipinski definition) is 8. The van der Waals surface area contributed by atoms with E-state index >= 15 is 0 Å². The predicted molar refractivity (Wildman–Crippen MR) is 132 cm³/mol. The first kappa shape index (κ1) is 22.4. The zero-order valence-corrected chi connectivity index (χ0v) is 20.3. The van der Waals surface area contributed by atoms with Crippen LogP contribution in [-0.4, -0.2) is 68.5 Å². The molecule has 7 nitrogen and oxygen atoms in total. The Bertz CT molecular complexity index is 1100. The van der Waals surface area contributed by atoms with E-state index in [4.69, 9.17) is 19.2 Å². The summed E-state index contributed by atoms with van der Waals surface area (Å²) in [6.07, 6.45) is 6.55. The summed E-state index contributed by atoms with van der Waals surface area (Å²) in [6, 6.07) is 6.17. The van der Waals surface area contributed by atoms with Crippen LogP contribution in [0, 0.1) is 0 Å². The number of methoxy groups -OCH3 is 2. The highest BCUT2D eigenvalue weighted by atomic mass is 32.1. The van der Waals surface area contributed by atoms with Crippen LogP contribution in [0.1, 0.15) is 28.8 Å². The summed E-state index contributed by atoms with van der Waals surface area (Å²) in [7, 11) is 3.35. The fourth-order valence-electron chi connectivity index (χ4n) is 4.86. The second-order valence-corrected chi connectivity index (χ2v) is 9.74. The van der Waals surface area contributed by atoms with E-state index in [0.29, 0.717) is 0 Å². The van der Waals surface area contributed by atoms with E-state index in [9.17, 15) is 0 Å². The number of hydrogen-bond donors (Lipinski definition) is 0. The maximum absolute atomic E-state index is 5.56. The highest BCUT2D eigenvalue weighted by molar-refractivity contribution is 7.19. The smallest absolute Gasteiger partial charge is 0.161 e. The van der Waals surface area contributed by atoms with Gasteiger partial charge < -0.3 is 19.1 Å². The van der Waals surface area contributed by atoms with Crippen molar-refractivity contribution < 1.29 is 14.2 Å². The van der Waals surface area contributed by atoms with Gasteiger partial charge in [-0.25, -0.2) is 9.97 Å². The molecule has 1 aliphatic heterocycles. The van der Waals surface area contributed by atoms with Gasteiger partial charge in [-0.05, 0) is 48.9 Å². The van der Waals surface area contributed by atoms with Gasteiger partial charge in [0.25, 0.3) is 0 Å². The van der Waals surface area contributed by atoms with Crippen molar-refractivity contribution >= 4 is 27.4 Å². The molecule has 0 N–H and O–H groups in total. The van der Waals surface area contributed by atoms with Crippen LogP contribution in [0.4, 0.5) is 5.82 Å². The average molecular weight is 469 g/mol. The van der Waals surface area contributed by atoms with E-state index in [1.165, 1.54) is 40.7 Å². The molecule has 1 aliphatic carbocycles. The number of anilines is 1. The Morgan fingerprint density at radius 1 is 1.06 bits per heavy atom. The van der Waals surface area contributed by atoms with Crippen LogP contribution in [0.5, 0.6) is 11.5 Å². The molecule has 1 aromatic carbocycles. The highest BCUT2D eigenvalue weighted by Crippen LogP contribution is 2.39. The number of thiophene rings is 1. The number of nitrogens with zero attached hydrogens (tertiary/aromatic N) is 4. The standard InChI is InChI=1S/C25H32N4O3S/c1-30-20-8-7-18(15-21(20)31-2)16-29(10-9-28-11-13-32-14-12-28)24-23-19-5-3-4-6-22(19)33-25(23)27-17-26-24/h7-8,15,17H,3-6,9-14,16H2,1-2H3. The van der Waals surface area contributed by atoms with E-state index in [1.807, 2.05) is 17.4 Å². The third-order valence-electron chi connectivity index (χ3n) is 6.64. The summed E-state index contributed by atoms with van der Waals surface area (Å²) in [4.78, 5) is 17.0. The first-order valence-electron chi connectivity index (χ1n) is 11.8. The minimum Gasteiger partial charge on any atom is -0.493 e. The summed E-state index contributed by atoms with van der Waals surface area (Å²) < 4.78 is 16.5. The topological polar surface area (TPSA) is 60.0 Å². The molecule has 1 fully saturated rings. The van der Waals surface area contributed by atoms with Crippen LogP contribution in [-0.2, 0) is 24.1 Å². The van der Waals surface area contributed by atoms with Gasteiger partial charge in [-0.3, -0.25) is 4.90 Å². The van der Waals surface area contributed by atoms with Crippen molar-refractivity contribution in [3.05, 3.63) is 40.5 Å². The number of rotatable bonds is 8. The fourth-order valence-corrected chi connectivity index (χ4v) is 6.08. The lowest BCUT2D eigenvalue weighted by Gasteiger charge is -2.31. The lowest BCUT2D eigenvalue weighted by molar-refractivity contribution is 0.0391. The van der Waals surface area contributed by atoms with Gasteiger partial charge >= 0.3 is 0 Å². The average Bonchev–Trinajstić information content (AvgIpc) is 3.26. The third kappa shape index (κ3) is 4.78. The van der Waals surface area contributed by atoms with Crippen LogP contribution in [0.25, 0.3) is 10.2 Å². The van der Waals surface area contributed by atoms with Crippen molar-refractivity contribution in [3.63, 3.8) is 0 Å². The first-order chi connectivity index (χ1) is 16.3. The van der Waals surface area contributed by atoms with Crippen LogP contribution in [0.15, 0.2) is 24.5 Å². The molecular formula is C25H32N4O3S. The van der Waals surface area contributed by atoms with Crippen LogP contribution < -0.4 is 14.4 Å². The highest BCUT2D eigenvalue weighted by Gasteiger charge is 2.23. The molecule has 8 heteroatoms. The molecule has 0 spiro atoms. The maximum Gasteiger partial charge on any atom is 0.161 e. The summed E-state index contributed by atoms with van der Waals surface area (Å²) in [5.74, 6) is 2.56. The van der Waals surface area contributed by atoms with Gasteiger partial charge in [-0.2, -0.15) is 0 Å². The van der Waals surface area contributed by atoms with Crippen molar-refractivity contribution in [3.8, 4) is 11.5 Å². The Kier molecular flexibility index (Phi) is 6.94. The number of aryl methyl sites for hydroxylation is 2. The molecule has 3 heterocycles. The normalized spacial score (nSPS) is 16.5. The third-order valence-corrected chi connectivity index (χ3v) is 7.84. The van der Waals surface area contributed by atoms with E-state index in [0.717, 1.165) is 74.5 Å². The fraction of sp³-hybridized carbons (Fsp3) is 0.520. The van der Waals surface area contributed by atoms with Gasteiger partial charge in [0.2, 0.25) is 0 Å². The van der Waals surface area contributed by atoms with Gasteiger partial charge in [-0.15, -0.1) is 11.3 Å². The monoisotopic (exact) mass is 468 g/mol. The Hall–Kier alpha value is -2.42. The molecule has 0 bridgehead atoms. The molecule has 3 aromatic rings. The Morgan fingerprint density at radius 3 is 2.70 bits per heavy atom.